The lowest BCUT2D eigenvalue weighted by atomic mass is 10.1. The number of halogens is 1. The van der Waals surface area contributed by atoms with Crippen molar-refractivity contribution in [2.45, 2.75) is 20.4 Å². The molecule has 7 heteroatoms. The van der Waals surface area contributed by atoms with Crippen LogP contribution in [0.5, 0.6) is 5.75 Å². The van der Waals surface area contributed by atoms with Crippen LogP contribution in [0.2, 0.25) is 5.02 Å². The van der Waals surface area contributed by atoms with Gasteiger partial charge in [0.2, 0.25) is 0 Å². The van der Waals surface area contributed by atoms with E-state index in [1.165, 1.54) is 5.56 Å². The summed E-state index contributed by atoms with van der Waals surface area (Å²) in [5.41, 5.74) is 6.47. The molecule has 0 aliphatic carbocycles. The molecule has 0 saturated carbocycles. The normalized spacial score (nSPS) is 14.7. The number of ether oxygens (including phenoxy) is 1. The van der Waals surface area contributed by atoms with E-state index in [9.17, 15) is 0 Å². The van der Waals surface area contributed by atoms with Crippen LogP contribution >= 0.6 is 11.6 Å². The minimum absolute atomic E-state index is 0.738. The number of nitrogens with zero attached hydrogens (tertiary/aromatic N) is 5. The minimum Gasteiger partial charge on any atom is -0.496 e. The Balaban J connectivity index is 1.37. The highest BCUT2D eigenvalue weighted by molar-refractivity contribution is 6.30. The van der Waals surface area contributed by atoms with Gasteiger partial charge in [-0.25, -0.2) is 4.98 Å². The van der Waals surface area contributed by atoms with Crippen LogP contribution in [0, 0.1) is 13.8 Å². The SMILES string of the molecule is COc1ccc(Cl)cc1CN1CCN(c2cc(C)nc3c(-c4ccc(C)cc4)cnn23)CC1. The van der Waals surface area contributed by atoms with Crippen molar-refractivity contribution in [2.24, 2.45) is 0 Å². The van der Waals surface area contributed by atoms with Gasteiger partial charge in [0, 0.05) is 60.6 Å². The van der Waals surface area contributed by atoms with E-state index in [4.69, 9.17) is 26.4 Å². The molecule has 1 fully saturated rings. The van der Waals surface area contributed by atoms with Crippen LogP contribution in [0.4, 0.5) is 5.82 Å². The Kier molecular flexibility index (Phi) is 5.96. The number of methoxy groups -OCH3 is 1. The molecule has 0 spiro atoms. The van der Waals surface area contributed by atoms with Crippen LogP contribution in [0.25, 0.3) is 16.8 Å². The summed E-state index contributed by atoms with van der Waals surface area (Å²) in [7, 11) is 1.71. The highest BCUT2D eigenvalue weighted by Crippen LogP contribution is 2.29. The maximum absolute atomic E-state index is 6.22. The van der Waals surface area contributed by atoms with E-state index >= 15 is 0 Å². The molecule has 4 aromatic rings. The van der Waals surface area contributed by atoms with E-state index in [-0.39, 0.29) is 0 Å². The third-order valence-corrected chi connectivity index (χ3v) is 6.51. The summed E-state index contributed by atoms with van der Waals surface area (Å²) in [6.45, 7) is 8.71. The van der Waals surface area contributed by atoms with E-state index in [0.717, 1.165) is 77.3 Å². The van der Waals surface area contributed by atoms with E-state index in [1.54, 1.807) is 7.11 Å². The number of aryl methyl sites for hydroxylation is 2. The molecule has 0 bridgehead atoms. The highest BCUT2D eigenvalue weighted by atomic mass is 35.5. The van der Waals surface area contributed by atoms with Crippen LogP contribution in [-0.4, -0.2) is 52.8 Å². The molecule has 0 amide bonds. The molecule has 0 unspecified atom stereocenters. The Morgan fingerprint density at radius 2 is 1.73 bits per heavy atom. The monoisotopic (exact) mass is 461 g/mol. The average molecular weight is 462 g/mol. The van der Waals surface area contributed by atoms with Crippen molar-refractivity contribution in [3.8, 4) is 16.9 Å². The molecule has 5 rings (SSSR count). The van der Waals surface area contributed by atoms with Gasteiger partial charge in [-0.3, -0.25) is 4.90 Å². The molecule has 6 nitrogen and oxygen atoms in total. The largest absolute Gasteiger partial charge is 0.496 e. The fourth-order valence-electron chi connectivity index (χ4n) is 4.47. The predicted molar refractivity (Wildman–Crippen MR) is 133 cm³/mol. The van der Waals surface area contributed by atoms with Gasteiger partial charge in [-0.05, 0) is 37.6 Å². The summed E-state index contributed by atoms with van der Waals surface area (Å²) in [6, 6.07) is 16.5. The first kappa shape index (κ1) is 21.7. The summed E-state index contributed by atoms with van der Waals surface area (Å²) < 4.78 is 7.51. The molecular formula is C26H28ClN5O. The van der Waals surface area contributed by atoms with Crippen LogP contribution in [0.15, 0.2) is 54.7 Å². The van der Waals surface area contributed by atoms with Crippen LogP contribution in [-0.2, 0) is 6.54 Å². The second kappa shape index (κ2) is 9.04. The van der Waals surface area contributed by atoms with Crippen molar-refractivity contribution in [1.29, 1.82) is 0 Å². The molecule has 0 N–H and O–H groups in total. The Hall–Kier alpha value is -3.09. The van der Waals surface area contributed by atoms with Crippen LogP contribution in [0.3, 0.4) is 0 Å². The van der Waals surface area contributed by atoms with Crippen molar-refractivity contribution in [2.75, 3.05) is 38.2 Å². The molecule has 3 heterocycles. The summed E-state index contributed by atoms with van der Waals surface area (Å²) >= 11 is 6.22. The number of anilines is 1. The first-order valence-corrected chi connectivity index (χ1v) is 11.6. The van der Waals surface area contributed by atoms with E-state index in [1.807, 2.05) is 28.9 Å². The minimum atomic E-state index is 0.738. The molecule has 1 saturated heterocycles. The molecule has 1 aliphatic rings. The lowest BCUT2D eigenvalue weighted by Gasteiger charge is -2.36. The Morgan fingerprint density at radius 1 is 0.970 bits per heavy atom. The third kappa shape index (κ3) is 4.41. The maximum Gasteiger partial charge on any atom is 0.165 e. The van der Waals surface area contributed by atoms with Gasteiger partial charge in [0.05, 0.1) is 13.3 Å². The van der Waals surface area contributed by atoms with Crippen molar-refractivity contribution < 1.29 is 4.74 Å². The summed E-state index contributed by atoms with van der Waals surface area (Å²) in [6.07, 6.45) is 1.93. The zero-order valence-corrected chi connectivity index (χ0v) is 20.0. The molecule has 170 valence electrons. The molecule has 33 heavy (non-hydrogen) atoms. The van der Waals surface area contributed by atoms with Gasteiger partial charge in [0.25, 0.3) is 0 Å². The summed E-state index contributed by atoms with van der Waals surface area (Å²) in [4.78, 5) is 9.67. The predicted octanol–water partition coefficient (Wildman–Crippen LogP) is 5.00. The first-order chi connectivity index (χ1) is 16.0. The highest BCUT2D eigenvalue weighted by Gasteiger charge is 2.22. The van der Waals surface area contributed by atoms with Gasteiger partial charge in [-0.15, -0.1) is 0 Å². The molecule has 0 radical (unpaired) electrons. The van der Waals surface area contributed by atoms with E-state index in [2.05, 4.69) is 54.0 Å². The topological polar surface area (TPSA) is 45.9 Å². The Morgan fingerprint density at radius 3 is 2.45 bits per heavy atom. The Labute approximate surface area is 199 Å². The number of hydrogen-bond donors (Lipinski definition) is 0. The van der Waals surface area contributed by atoms with Gasteiger partial charge in [-0.2, -0.15) is 9.61 Å². The van der Waals surface area contributed by atoms with Gasteiger partial charge in [-0.1, -0.05) is 41.4 Å². The third-order valence-electron chi connectivity index (χ3n) is 6.28. The zero-order valence-electron chi connectivity index (χ0n) is 19.3. The van der Waals surface area contributed by atoms with Gasteiger partial charge in [0.1, 0.15) is 11.6 Å². The fraction of sp³-hybridized carbons (Fsp3) is 0.308. The first-order valence-electron chi connectivity index (χ1n) is 11.2. The number of hydrogen-bond acceptors (Lipinski definition) is 5. The van der Waals surface area contributed by atoms with Crippen molar-refractivity contribution >= 4 is 23.1 Å². The average Bonchev–Trinajstić information content (AvgIpc) is 3.23. The molecule has 1 aliphatic heterocycles. The second-order valence-electron chi connectivity index (χ2n) is 8.63. The van der Waals surface area contributed by atoms with E-state index < -0.39 is 0 Å². The maximum atomic E-state index is 6.22. The quantitative estimate of drug-likeness (QED) is 0.418. The second-order valence-corrected chi connectivity index (χ2v) is 9.07. The number of benzene rings is 2. The summed E-state index contributed by atoms with van der Waals surface area (Å²) in [5.74, 6) is 1.98. The van der Waals surface area contributed by atoms with E-state index in [0.29, 0.717) is 0 Å². The molecular weight excluding hydrogens is 434 g/mol. The number of rotatable bonds is 5. The van der Waals surface area contributed by atoms with Gasteiger partial charge >= 0.3 is 0 Å². The Bertz CT molecular complexity index is 1280. The fourth-order valence-corrected chi connectivity index (χ4v) is 4.67. The lowest BCUT2D eigenvalue weighted by molar-refractivity contribution is 0.245. The lowest BCUT2D eigenvalue weighted by Crippen LogP contribution is -2.46. The number of piperazine rings is 1. The summed E-state index contributed by atoms with van der Waals surface area (Å²) in [5, 5.41) is 5.46. The smallest absolute Gasteiger partial charge is 0.165 e. The van der Waals surface area contributed by atoms with Crippen LogP contribution in [0.1, 0.15) is 16.8 Å². The number of aromatic nitrogens is 3. The van der Waals surface area contributed by atoms with Crippen molar-refractivity contribution in [3.63, 3.8) is 0 Å². The number of fused-ring (bicyclic) bond motifs is 1. The standard InChI is InChI=1S/C26H28ClN5O/c1-18-4-6-20(7-5-18)23-16-28-32-25(14-19(2)29-26(23)32)31-12-10-30(11-13-31)17-21-15-22(27)8-9-24(21)33-3/h4-9,14-16H,10-13,17H2,1-3H3. The molecule has 2 aromatic heterocycles. The molecule has 2 aromatic carbocycles. The van der Waals surface area contributed by atoms with Crippen molar-refractivity contribution in [3.05, 3.63) is 76.6 Å². The molecule has 0 atom stereocenters. The van der Waals surface area contributed by atoms with Gasteiger partial charge in [0.15, 0.2) is 5.65 Å². The van der Waals surface area contributed by atoms with Crippen LogP contribution < -0.4 is 9.64 Å². The zero-order chi connectivity index (χ0) is 22.9. The van der Waals surface area contributed by atoms with Gasteiger partial charge < -0.3 is 9.64 Å². The van der Waals surface area contributed by atoms with Crippen molar-refractivity contribution in [1.82, 2.24) is 19.5 Å².